The molecule has 21 heavy (non-hydrogen) atoms. The number of nitrogens with one attached hydrogen (secondary N) is 1. The Morgan fingerprint density at radius 2 is 2.05 bits per heavy atom. The number of carbonyl (C=O) groups excluding carboxylic acids is 1. The number of hydrogen-bond donors (Lipinski definition) is 2. The molecule has 0 aliphatic rings. The molecule has 104 valence electrons. The molecule has 0 spiro atoms. The maximum atomic E-state index is 12.0. The van der Waals surface area contributed by atoms with Gasteiger partial charge in [0.1, 0.15) is 0 Å². The summed E-state index contributed by atoms with van der Waals surface area (Å²) >= 11 is 0. The topological polar surface area (TPSA) is 92.9 Å². The molecule has 0 radical (unpaired) electrons. The van der Waals surface area contributed by atoms with E-state index in [0.29, 0.717) is 11.4 Å². The minimum Gasteiger partial charge on any atom is -0.504 e. The highest BCUT2D eigenvalue weighted by Crippen LogP contribution is 2.19. The van der Waals surface area contributed by atoms with Gasteiger partial charge in [0.15, 0.2) is 17.4 Å². The van der Waals surface area contributed by atoms with Gasteiger partial charge in [-0.05, 0) is 30.3 Å². The van der Waals surface area contributed by atoms with Crippen LogP contribution in [0.2, 0.25) is 0 Å². The van der Waals surface area contributed by atoms with E-state index in [2.05, 4.69) is 20.4 Å². The van der Waals surface area contributed by atoms with Gasteiger partial charge in [0.2, 0.25) is 0 Å². The Morgan fingerprint density at radius 3 is 2.71 bits per heavy atom. The summed E-state index contributed by atoms with van der Waals surface area (Å²) in [6, 6.07) is 8.11. The van der Waals surface area contributed by atoms with Crippen LogP contribution >= 0.6 is 0 Å². The van der Waals surface area contributed by atoms with E-state index in [0.717, 1.165) is 0 Å². The first kappa shape index (κ1) is 12.8. The third-order valence-electron chi connectivity index (χ3n) is 2.77. The smallest absolute Gasteiger partial charge is 0.258 e. The molecule has 0 saturated heterocycles. The largest absolute Gasteiger partial charge is 0.504 e. The maximum absolute atomic E-state index is 12.0. The standard InChI is InChI=1S/C14H11N5O2/c20-11-3-1-6-15-13(11)18-14(21)10-4-5-12(16-9-10)19-8-2-7-17-19/h1-9,20H,(H,15,18,21). The number of anilines is 1. The third-order valence-corrected chi connectivity index (χ3v) is 2.77. The van der Waals surface area contributed by atoms with Crippen LogP contribution in [0.25, 0.3) is 5.82 Å². The summed E-state index contributed by atoms with van der Waals surface area (Å²) in [6.45, 7) is 0. The Labute approximate surface area is 119 Å². The fourth-order valence-corrected chi connectivity index (χ4v) is 1.73. The van der Waals surface area contributed by atoms with Crippen LogP contribution in [0, 0.1) is 0 Å². The van der Waals surface area contributed by atoms with E-state index in [-0.39, 0.29) is 11.6 Å². The van der Waals surface area contributed by atoms with Crippen molar-refractivity contribution in [2.45, 2.75) is 0 Å². The number of carbonyl (C=O) groups is 1. The Kier molecular flexibility index (Phi) is 3.30. The van der Waals surface area contributed by atoms with E-state index >= 15 is 0 Å². The minimum absolute atomic E-state index is 0.0908. The molecule has 3 aromatic rings. The van der Waals surface area contributed by atoms with Crippen LogP contribution in [0.5, 0.6) is 5.75 Å². The van der Waals surface area contributed by atoms with E-state index < -0.39 is 5.91 Å². The van der Waals surface area contributed by atoms with Crippen molar-refractivity contribution in [3.05, 3.63) is 60.7 Å². The zero-order valence-electron chi connectivity index (χ0n) is 10.8. The second kappa shape index (κ2) is 5.41. The average Bonchev–Trinajstić information content (AvgIpc) is 3.04. The summed E-state index contributed by atoms with van der Waals surface area (Å²) in [5.74, 6) is 0.228. The molecule has 0 unspecified atom stereocenters. The van der Waals surface area contributed by atoms with E-state index in [1.807, 2.05) is 0 Å². The quantitative estimate of drug-likeness (QED) is 0.761. The molecule has 0 aromatic carbocycles. The molecule has 3 heterocycles. The van der Waals surface area contributed by atoms with Crippen molar-refractivity contribution < 1.29 is 9.90 Å². The van der Waals surface area contributed by atoms with Gasteiger partial charge in [0.05, 0.1) is 5.56 Å². The number of hydrogen-bond acceptors (Lipinski definition) is 5. The Balaban J connectivity index is 1.78. The van der Waals surface area contributed by atoms with Gasteiger partial charge in [0, 0.05) is 24.8 Å². The molecule has 0 atom stereocenters. The lowest BCUT2D eigenvalue weighted by Crippen LogP contribution is -2.13. The Morgan fingerprint density at radius 1 is 1.14 bits per heavy atom. The van der Waals surface area contributed by atoms with E-state index in [4.69, 9.17) is 0 Å². The molecule has 0 fully saturated rings. The molecule has 3 rings (SSSR count). The maximum Gasteiger partial charge on any atom is 0.258 e. The van der Waals surface area contributed by atoms with Crippen LogP contribution in [-0.2, 0) is 0 Å². The molecule has 3 aromatic heterocycles. The Hall–Kier alpha value is -3.22. The first-order valence-corrected chi connectivity index (χ1v) is 6.15. The molecular weight excluding hydrogens is 270 g/mol. The van der Waals surface area contributed by atoms with Gasteiger partial charge in [-0.2, -0.15) is 5.10 Å². The van der Waals surface area contributed by atoms with Crippen molar-refractivity contribution in [1.82, 2.24) is 19.7 Å². The van der Waals surface area contributed by atoms with Gasteiger partial charge in [-0.25, -0.2) is 14.6 Å². The van der Waals surface area contributed by atoms with E-state index in [1.165, 1.54) is 18.5 Å². The van der Waals surface area contributed by atoms with Crippen molar-refractivity contribution in [2.75, 3.05) is 5.32 Å². The van der Waals surface area contributed by atoms with Gasteiger partial charge in [-0.15, -0.1) is 0 Å². The van der Waals surface area contributed by atoms with Crippen LogP contribution in [0.4, 0.5) is 5.82 Å². The van der Waals surface area contributed by atoms with Crippen LogP contribution in [-0.4, -0.2) is 30.8 Å². The zero-order chi connectivity index (χ0) is 14.7. The van der Waals surface area contributed by atoms with Crippen LogP contribution in [0.3, 0.4) is 0 Å². The average molecular weight is 281 g/mol. The first-order chi connectivity index (χ1) is 10.2. The number of rotatable bonds is 3. The lowest BCUT2D eigenvalue weighted by molar-refractivity contribution is 0.102. The number of aromatic hydroxyl groups is 1. The van der Waals surface area contributed by atoms with Crippen LogP contribution in [0.1, 0.15) is 10.4 Å². The molecule has 0 bridgehead atoms. The fourth-order valence-electron chi connectivity index (χ4n) is 1.73. The monoisotopic (exact) mass is 281 g/mol. The number of nitrogens with zero attached hydrogens (tertiary/aromatic N) is 4. The molecule has 7 nitrogen and oxygen atoms in total. The highest BCUT2D eigenvalue weighted by atomic mass is 16.3. The zero-order valence-corrected chi connectivity index (χ0v) is 10.8. The molecular formula is C14H11N5O2. The number of amides is 1. The van der Waals surface area contributed by atoms with Gasteiger partial charge < -0.3 is 10.4 Å². The SMILES string of the molecule is O=C(Nc1ncccc1O)c1ccc(-n2cccn2)nc1. The third kappa shape index (κ3) is 2.71. The molecule has 0 aliphatic carbocycles. The summed E-state index contributed by atoms with van der Waals surface area (Å²) in [5, 5.41) is 16.1. The summed E-state index contributed by atoms with van der Waals surface area (Å²) in [6.07, 6.45) is 6.32. The number of aromatic nitrogens is 4. The van der Waals surface area contributed by atoms with E-state index in [9.17, 15) is 9.90 Å². The van der Waals surface area contributed by atoms with Crippen molar-refractivity contribution in [3.8, 4) is 11.6 Å². The predicted octanol–water partition coefficient (Wildman–Crippen LogP) is 1.62. The minimum atomic E-state index is -0.400. The summed E-state index contributed by atoms with van der Waals surface area (Å²) in [4.78, 5) is 20.1. The van der Waals surface area contributed by atoms with Gasteiger partial charge in [-0.1, -0.05) is 0 Å². The summed E-state index contributed by atoms with van der Waals surface area (Å²) < 4.78 is 1.59. The number of pyridine rings is 2. The van der Waals surface area contributed by atoms with Crippen LogP contribution < -0.4 is 5.32 Å². The Bertz CT molecular complexity index is 753. The summed E-state index contributed by atoms with van der Waals surface area (Å²) in [5.41, 5.74) is 0.357. The van der Waals surface area contributed by atoms with Crippen molar-refractivity contribution in [1.29, 1.82) is 0 Å². The molecule has 2 N–H and O–H groups in total. The van der Waals surface area contributed by atoms with Gasteiger partial charge >= 0.3 is 0 Å². The molecule has 1 amide bonds. The lowest BCUT2D eigenvalue weighted by Gasteiger charge is -2.06. The normalized spacial score (nSPS) is 10.3. The van der Waals surface area contributed by atoms with Crippen LogP contribution in [0.15, 0.2) is 55.1 Å². The highest BCUT2D eigenvalue weighted by Gasteiger charge is 2.10. The molecule has 0 saturated carbocycles. The second-order valence-corrected chi connectivity index (χ2v) is 4.18. The highest BCUT2D eigenvalue weighted by molar-refractivity contribution is 6.04. The second-order valence-electron chi connectivity index (χ2n) is 4.18. The molecule has 0 aliphatic heterocycles. The fraction of sp³-hybridized carbons (Fsp3) is 0. The predicted molar refractivity (Wildman–Crippen MR) is 75.2 cm³/mol. The molecule has 7 heteroatoms. The van der Waals surface area contributed by atoms with Crippen molar-refractivity contribution in [3.63, 3.8) is 0 Å². The van der Waals surface area contributed by atoms with Gasteiger partial charge in [-0.3, -0.25) is 4.79 Å². The van der Waals surface area contributed by atoms with Crippen molar-refractivity contribution in [2.24, 2.45) is 0 Å². The lowest BCUT2D eigenvalue weighted by atomic mass is 10.2. The van der Waals surface area contributed by atoms with E-state index in [1.54, 1.807) is 41.3 Å². The first-order valence-electron chi connectivity index (χ1n) is 6.15. The van der Waals surface area contributed by atoms with Gasteiger partial charge in [0.25, 0.3) is 5.91 Å². The van der Waals surface area contributed by atoms with Crippen molar-refractivity contribution >= 4 is 11.7 Å². The summed E-state index contributed by atoms with van der Waals surface area (Å²) in [7, 11) is 0.